The van der Waals surface area contributed by atoms with Gasteiger partial charge in [0.1, 0.15) is 5.25 Å². The normalized spacial score (nSPS) is 18.8. The number of ether oxygens (including phenoxy) is 1. The predicted octanol–water partition coefficient (Wildman–Crippen LogP) is 3.58. The second-order valence-electron chi connectivity index (χ2n) is 5.56. The van der Waals surface area contributed by atoms with E-state index in [2.05, 4.69) is 23.2 Å². The lowest BCUT2D eigenvalue weighted by Crippen LogP contribution is -2.14. The number of aromatic nitrogens is 2. The quantitative estimate of drug-likeness (QED) is 0.627. The molecule has 0 bridgehead atoms. The minimum Gasteiger partial charge on any atom is -0.468 e. The first-order valence-electron chi connectivity index (χ1n) is 7.26. The second-order valence-corrected chi connectivity index (χ2v) is 7.99. The first-order valence-corrected chi connectivity index (χ1v) is 8.96. The number of carbonyl (C=O) groups excluding carboxylic acids is 1. The topological polar surface area (TPSA) is 65.2 Å². The van der Waals surface area contributed by atoms with Crippen molar-refractivity contribution in [3.8, 4) is 10.8 Å². The van der Waals surface area contributed by atoms with Crippen LogP contribution in [-0.4, -0.2) is 28.5 Å². The molecule has 118 valence electrons. The maximum atomic E-state index is 11.4. The standard InChI is InChI=1S/C15H18N2O3S2/c1-8-4-5-11-10(6-8)7-12(22-11)13-16-17-15(20-13)21-9(2)14(18)19-3/h7-9H,4-6H2,1-3H3/t8-,9+/m1/s1. The molecule has 2 heterocycles. The van der Waals surface area contributed by atoms with E-state index >= 15 is 0 Å². The molecule has 0 amide bonds. The summed E-state index contributed by atoms with van der Waals surface area (Å²) in [5.41, 5.74) is 1.41. The zero-order valence-electron chi connectivity index (χ0n) is 12.8. The molecule has 0 aliphatic heterocycles. The molecule has 2 atom stereocenters. The summed E-state index contributed by atoms with van der Waals surface area (Å²) in [5, 5.41) is 8.15. The van der Waals surface area contributed by atoms with Crippen LogP contribution in [0, 0.1) is 5.92 Å². The Balaban J connectivity index is 1.75. The lowest BCUT2D eigenvalue weighted by molar-refractivity contribution is -0.139. The molecule has 3 rings (SSSR count). The molecule has 0 N–H and O–H groups in total. The van der Waals surface area contributed by atoms with Gasteiger partial charge in [0.2, 0.25) is 0 Å². The number of methoxy groups -OCH3 is 1. The van der Waals surface area contributed by atoms with Crippen molar-refractivity contribution in [2.75, 3.05) is 7.11 Å². The first-order chi connectivity index (χ1) is 10.6. The van der Waals surface area contributed by atoms with Gasteiger partial charge in [0.05, 0.1) is 12.0 Å². The van der Waals surface area contributed by atoms with Gasteiger partial charge in [-0.15, -0.1) is 21.5 Å². The Labute approximate surface area is 137 Å². The number of rotatable bonds is 4. The number of carbonyl (C=O) groups is 1. The van der Waals surface area contributed by atoms with Crippen molar-refractivity contribution in [3.63, 3.8) is 0 Å². The van der Waals surface area contributed by atoms with Crippen molar-refractivity contribution in [3.05, 3.63) is 16.5 Å². The fraction of sp³-hybridized carbons (Fsp3) is 0.533. The zero-order valence-corrected chi connectivity index (χ0v) is 14.4. The molecule has 2 aromatic rings. The van der Waals surface area contributed by atoms with Gasteiger partial charge < -0.3 is 9.15 Å². The summed E-state index contributed by atoms with van der Waals surface area (Å²) in [7, 11) is 1.37. The van der Waals surface area contributed by atoms with E-state index in [4.69, 9.17) is 9.15 Å². The van der Waals surface area contributed by atoms with E-state index in [0.717, 1.165) is 23.6 Å². The zero-order chi connectivity index (χ0) is 15.7. The largest absolute Gasteiger partial charge is 0.468 e. The molecule has 0 saturated carbocycles. The van der Waals surface area contributed by atoms with Gasteiger partial charge in [-0.3, -0.25) is 4.79 Å². The number of nitrogens with zero attached hydrogens (tertiary/aromatic N) is 2. The van der Waals surface area contributed by atoms with Crippen LogP contribution in [0.4, 0.5) is 0 Å². The number of aryl methyl sites for hydroxylation is 1. The molecule has 0 unspecified atom stereocenters. The van der Waals surface area contributed by atoms with Gasteiger partial charge in [-0.25, -0.2) is 0 Å². The molecule has 7 heteroatoms. The smallest absolute Gasteiger partial charge is 0.319 e. The Kier molecular flexibility index (Phi) is 4.54. The van der Waals surface area contributed by atoms with E-state index in [1.54, 1.807) is 18.3 Å². The molecule has 0 aromatic carbocycles. The number of hydrogen-bond donors (Lipinski definition) is 0. The van der Waals surface area contributed by atoms with Gasteiger partial charge >= 0.3 is 5.97 Å². The lowest BCUT2D eigenvalue weighted by Gasteiger charge is -2.16. The summed E-state index contributed by atoms with van der Waals surface area (Å²) in [6.45, 7) is 4.04. The molecule has 0 radical (unpaired) electrons. The molecule has 2 aromatic heterocycles. The van der Waals surface area contributed by atoms with Crippen LogP contribution in [0.1, 0.15) is 30.7 Å². The highest BCUT2D eigenvalue weighted by Gasteiger charge is 2.22. The molecule has 1 aliphatic rings. The van der Waals surface area contributed by atoms with Gasteiger partial charge in [-0.1, -0.05) is 18.7 Å². The highest BCUT2D eigenvalue weighted by molar-refractivity contribution is 8.00. The van der Waals surface area contributed by atoms with E-state index in [9.17, 15) is 4.79 Å². The Morgan fingerprint density at radius 3 is 3.14 bits per heavy atom. The van der Waals surface area contributed by atoms with Gasteiger partial charge in [-0.05, 0) is 43.7 Å². The lowest BCUT2D eigenvalue weighted by atomic mass is 9.90. The van der Waals surface area contributed by atoms with Crippen LogP contribution in [0.5, 0.6) is 0 Å². The second kappa shape index (κ2) is 6.42. The summed E-state index contributed by atoms with van der Waals surface area (Å²) in [4.78, 5) is 13.9. The average Bonchev–Trinajstić information content (AvgIpc) is 3.12. The maximum Gasteiger partial charge on any atom is 0.319 e. The fourth-order valence-corrected chi connectivity index (χ4v) is 4.37. The van der Waals surface area contributed by atoms with Crippen molar-refractivity contribution in [1.82, 2.24) is 10.2 Å². The molecule has 22 heavy (non-hydrogen) atoms. The Morgan fingerprint density at radius 2 is 2.36 bits per heavy atom. The van der Waals surface area contributed by atoms with Gasteiger partial charge in [0, 0.05) is 4.88 Å². The number of thiophene rings is 1. The third-order valence-electron chi connectivity index (χ3n) is 3.76. The van der Waals surface area contributed by atoms with E-state index in [1.807, 2.05) is 0 Å². The number of fused-ring (bicyclic) bond motifs is 1. The third kappa shape index (κ3) is 3.20. The van der Waals surface area contributed by atoms with Gasteiger partial charge in [0.25, 0.3) is 11.1 Å². The van der Waals surface area contributed by atoms with Gasteiger partial charge in [0.15, 0.2) is 0 Å². The molecular formula is C15H18N2O3S2. The highest BCUT2D eigenvalue weighted by atomic mass is 32.2. The molecule has 0 fully saturated rings. The fourth-order valence-electron chi connectivity index (χ4n) is 2.53. The van der Waals surface area contributed by atoms with Crippen molar-refractivity contribution in [2.24, 2.45) is 5.92 Å². The van der Waals surface area contributed by atoms with E-state index < -0.39 is 0 Å². The summed E-state index contributed by atoms with van der Waals surface area (Å²) in [6, 6.07) is 2.17. The molecule has 0 saturated heterocycles. The number of thioether (sulfide) groups is 1. The van der Waals surface area contributed by atoms with E-state index in [-0.39, 0.29) is 11.2 Å². The van der Waals surface area contributed by atoms with Crippen molar-refractivity contribution < 1.29 is 13.9 Å². The summed E-state index contributed by atoms with van der Waals surface area (Å²) < 4.78 is 10.4. The molecular weight excluding hydrogens is 320 g/mol. The monoisotopic (exact) mass is 338 g/mol. The number of hydrogen-bond acceptors (Lipinski definition) is 7. The Bertz CT molecular complexity index is 680. The van der Waals surface area contributed by atoms with Crippen molar-refractivity contribution in [2.45, 2.75) is 43.6 Å². The predicted molar refractivity (Wildman–Crippen MR) is 86.1 cm³/mol. The highest BCUT2D eigenvalue weighted by Crippen LogP contribution is 2.37. The van der Waals surface area contributed by atoms with E-state index in [0.29, 0.717) is 11.1 Å². The van der Waals surface area contributed by atoms with Crippen LogP contribution < -0.4 is 0 Å². The Morgan fingerprint density at radius 1 is 1.55 bits per heavy atom. The maximum absolute atomic E-state index is 11.4. The average molecular weight is 338 g/mol. The molecule has 5 nitrogen and oxygen atoms in total. The molecule has 1 aliphatic carbocycles. The van der Waals surface area contributed by atoms with E-state index in [1.165, 1.54) is 35.7 Å². The summed E-state index contributed by atoms with van der Waals surface area (Å²) >= 11 is 2.95. The summed E-state index contributed by atoms with van der Waals surface area (Å²) in [5.74, 6) is 0.974. The molecule has 0 spiro atoms. The first kappa shape index (κ1) is 15.6. The van der Waals surface area contributed by atoms with Crippen LogP contribution in [0.15, 0.2) is 15.7 Å². The van der Waals surface area contributed by atoms with Crippen LogP contribution in [-0.2, 0) is 22.4 Å². The number of esters is 1. The third-order valence-corrected chi connectivity index (χ3v) is 5.89. The van der Waals surface area contributed by atoms with Gasteiger partial charge in [-0.2, -0.15) is 0 Å². The minimum absolute atomic E-state index is 0.301. The van der Waals surface area contributed by atoms with Crippen LogP contribution in [0.25, 0.3) is 10.8 Å². The summed E-state index contributed by atoms with van der Waals surface area (Å²) in [6.07, 6.45) is 3.51. The van der Waals surface area contributed by atoms with Crippen molar-refractivity contribution in [1.29, 1.82) is 0 Å². The SMILES string of the molecule is COC(=O)[C@H](C)Sc1nnc(-c2cc3c(s2)CC[C@@H](C)C3)o1. The van der Waals surface area contributed by atoms with Crippen molar-refractivity contribution >= 4 is 29.1 Å². The minimum atomic E-state index is -0.365. The van der Waals surface area contributed by atoms with Crippen LogP contribution in [0.2, 0.25) is 0 Å². The van der Waals surface area contributed by atoms with Crippen LogP contribution >= 0.6 is 23.1 Å². The Hall–Kier alpha value is -1.34. The van der Waals surface area contributed by atoms with Crippen LogP contribution in [0.3, 0.4) is 0 Å².